The van der Waals surface area contributed by atoms with Crippen LogP contribution in [0.2, 0.25) is 5.11 Å². The Kier molecular flexibility index (Phi) is 3.69. The van der Waals surface area contributed by atoms with Gasteiger partial charge in [-0.05, 0) is 28.1 Å². The number of pyridine rings is 1. The fourth-order valence-corrected chi connectivity index (χ4v) is 1.03. The highest BCUT2D eigenvalue weighted by molar-refractivity contribution is 9.10. The van der Waals surface area contributed by atoms with Gasteiger partial charge in [0.2, 0.25) is 5.88 Å². The van der Waals surface area contributed by atoms with E-state index in [1.54, 1.807) is 12.1 Å². The van der Waals surface area contributed by atoms with Crippen molar-refractivity contribution in [3.05, 3.63) is 22.8 Å². The van der Waals surface area contributed by atoms with Crippen LogP contribution in [0.15, 0.2) is 22.8 Å². The van der Waals surface area contributed by atoms with E-state index in [4.69, 9.17) is 44.0 Å². The highest BCUT2D eigenvalue weighted by Gasteiger charge is 2.32. The summed E-state index contributed by atoms with van der Waals surface area (Å²) in [6.45, 7) is 0. The highest BCUT2D eigenvalue weighted by Crippen LogP contribution is 2.30. The lowest BCUT2D eigenvalue weighted by molar-refractivity contribution is 0.230. The third-order valence-electron chi connectivity index (χ3n) is 1.67. The van der Waals surface area contributed by atoms with Crippen LogP contribution in [0.5, 0.6) is 5.88 Å². The first-order chi connectivity index (χ1) is 6.74. The van der Waals surface area contributed by atoms with E-state index in [0.29, 0.717) is 4.47 Å². The molecule has 0 fully saturated rings. The molecule has 0 spiro atoms. The van der Waals surface area contributed by atoms with E-state index in [1.165, 1.54) is 6.20 Å². The van der Waals surface area contributed by atoms with E-state index in [1.807, 2.05) is 0 Å². The molecule has 0 saturated carbocycles. The number of rotatable bonds is 3. The van der Waals surface area contributed by atoms with Gasteiger partial charge in [0, 0.05) is 11.6 Å². The molecule has 1 rings (SSSR count). The van der Waals surface area contributed by atoms with Crippen LogP contribution in [0, 0.1) is 0 Å². The molecule has 0 amide bonds. The van der Waals surface area contributed by atoms with Crippen LogP contribution in [0.4, 0.5) is 0 Å². The molecule has 1 aromatic heterocycles. The molecular weight excluding hydrogens is 248 g/mol. The fourth-order valence-electron chi connectivity index (χ4n) is 0.695. The molecule has 1 heterocycles. The summed E-state index contributed by atoms with van der Waals surface area (Å²) in [5, 5.41) is -3.81. The van der Waals surface area contributed by atoms with Gasteiger partial charge in [-0.2, -0.15) is 0 Å². The minimum atomic E-state index is -1.93. The minimum absolute atomic E-state index is 0.160. The molecule has 0 aliphatic rings. The Morgan fingerprint density at radius 1 is 1.20 bits per heavy atom. The van der Waals surface area contributed by atoms with Crippen molar-refractivity contribution >= 4 is 55.2 Å². The van der Waals surface area contributed by atoms with Crippen molar-refractivity contribution in [1.82, 2.24) is 4.98 Å². The monoisotopic (exact) mass is 251 g/mol. The van der Waals surface area contributed by atoms with Crippen LogP contribution in [-0.2, 0) is 0 Å². The first-order valence-electron chi connectivity index (χ1n) is 3.98. The third-order valence-corrected chi connectivity index (χ3v) is 2.27. The van der Waals surface area contributed by atoms with Gasteiger partial charge in [-0.3, -0.25) is 0 Å². The molecule has 0 unspecified atom stereocenters. The molecule has 8 heteroatoms. The first kappa shape index (κ1) is 12.8. The maximum atomic E-state index is 5.51. The lowest BCUT2D eigenvalue weighted by Gasteiger charge is -2.41. The molecule has 0 aliphatic carbocycles. The number of halogens is 1. The average Bonchev–Trinajstić information content (AvgIpc) is 2.06. The molecule has 15 heavy (non-hydrogen) atoms. The fraction of sp³-hybridized carbons (Fsp3) is 0.286. The van der Waals surface area contributed by atoms with Crippen molar-refractivity contribution in [2.45, 2.75) is 10.5 Å². The third kappa shape index (κ3) is 3.10. The van der Waals surface area contributed by atoms with Crippen molar-refractivity contribution in [1.29, 1.82) is 0 Å². The van der Waals surface area contributed by atoms with Gasteiger partial charge >= 0.3 is 0 Å². The lowest BCUT2D eigenvalue weighted by Crippen LogP contribution is -2.51. The standard InChI is InChI=1S/C7H3B5BrNO/c8-6(9,10)7(11,12)15-5-4(13)2-1-3-14-5/h1-3H. The van der Waals surface area contributed by atoms with Gasteiger partial charge < -0.3 is 4.74 Å². The summed E-state index contributed by atoms with van der Waals surface area (Å²) < 4.78 is 5.68. The second-order valence-corrected chi connectivity index (χ2v) is 3.97. The number of hydrogen-bond acceptors (Lipinski definition) is 2. The van der Waals surface area contributed by atoms with E-state index in [-0.39, 0.29) is 5.88 Å². The molecule has 0 bridgehead atoms. The van der Waals surface area contributed by atoms with Gasteiger partial charge in [0.15, 0.2) is 0 Å². The van der Waals surface area contributed by atoms with Crippen LogP contribution in [-0.4, -0.2) is 49.6 Å². The Morgan fingerprint density at radius 2 is 1.80 bits per heavy atom. The van der Waals surface area contributed by atoms with Crippen LogP contribution in [0.25, 0.3) is 0 Å². The smallest absolute Gasteiger partial charge is 0.226 e. The molecule has 0 N–H and O–H groups in total. The Hall–Kier alpha value is -0.245. The number of nitrogens with zero attached hydrogens (tertiary/aromatic N) is 1. The van der Waals surface area contributed by atoms with Gasteiger partial charge in [0.05, 0.1) is 28.0 Å². The number of hydrogen-bond donors (Lipinski definition) is 0. The largest absolute Gasteiger partial charge is 0.492 e. The van der Waals surface area contributed by atoms with E-state index in [0.717, 1.165) is 0 Å². The molecule has 2 nitrogen and oxygen atoms in total. The highest BCUT2D eigenvalue weighted by atomic mass is 79.9. The molecule has 64 valence electrons. The molecule has 10 radical (unpaired) electrons. The second kappa shape index (κ2) is 4.32. The maximum Gasteiger partial charge on any atom is 0.226 e. The lowest BCUT2D eigenvalue weighted by atomic mass is 9.28. The summed E-state index contributed by atoms with van der Waals surface area (Å²) >= 11 is 3.19. The topological polar surface area (TPSA) is 22.1 Å². The van der Waals surface area contributed by atoms with Gasteiger partial charge in [0.1, 0.15) is 15.7 Å². The van der Waals surface area contributed by atoms with Crippen molar-refractivity contribution in [3.8, 4) is 5.88 Å². The normalized spacial score (nSPS) is 12.3. The van der Waals surface area contributed by atoms with Gasteiger partial charge in [-0.25, -0.2) is 4.98 Å². The average molecular weight is 251 g/mol. The van der Waals surface area contributed by atoms with Crippen LogP contribution in [0.3, 0.4) is 0 Å². The molecule has 1 aromatic rings. The van der Waals surface area contributed by atoms with E-state index in [2.05, 4.69) is 20.9 Å². The minimum Gasteiger partial charge on any atom is -0.492 e. The summed E-state index contributed by atoms with van der Waals surface area (Å²) in [5.74, 6) is 0.160. The van der Waals surface area contributed by atoms with Crippen LogP contribution < -0.4 is 4.74 Å². The van der Waals surface area contributed by atoms with E-state index < -0.39 is 10.5 Å². The van der Waals surface area contributed by atoms with Gasteiger partial charge in [-0.15, -0.1) is 5.11 Å². The predicted octanol–water partition coefficient (Wildman–Crippen LogP) is -0.207. The van der Waals surface area contributed by atoms with Gasteiger partial charge in [0.25, 0.3) is 0 Å². The van der Waals surface area contributed by atoms with E-state index in [9.17, 15) is 0 Å². The summed E-state index contributed by atoms with van der Waals surface area (Å²) in [6, 6.07) is 3.40. The molecule has 0 aromatic carbocycles. The van der Waals surface area contributed by atoms with Crippen LogP contribution in [0.1, 0.15) is 0 Å². The Labute approximate surface area is 104 Å². The van der Waals surface area contributed by atoms with Crippen molar-refractivity contribution in [2.24, 2.45) is 0 Å². The summed E-state index contributed by atoms with van der Waals surface area (Å²) in [5.41, 5.74) is 0. The predicted molar refractivity (Wildman–Crippen MR) is 66.8 cm³/mol. The quantitative estimate of drug-likeness (QED) is 0.694. The van der Waals surface area contributed by atoms with Crippen molar-refractivity contribution < 1.29 is 4.74 Å². The zero-order valence-electron chi connectivity index (χ0n) is 7.85. The summed E-state index contributed by atoms with van der Waals surface area (Å²) in [4.78, 5) is 3.88. The van der Waals surface area contributed by atoms with Crippen LogP contribution >= 0.6 is 15.9 Å². The Morgan fingerprint density at radius 3 is 2.27 bits per heavy atom. The zero-order valence-corrected chi connectivity index (χ0v) is 9.44. The number of ether oxygens (including phenoxy) is 1. The summed E-state index contributed by atoms with van der Waals surface area (Å²) in [7, 11) is 27.1. The maximum absolute atomic E-state index is 5.51. The molecule has 0 aliphatic heterocycles. The second-order valence-electron chi connectivity index (χ2n) is 3.12. The van der Waals surface area contributed by atoms with Crippen molar-refractivity contribution in [3.63, 3.8) is 0 Å². The summed E-state index contributed by atoms with van der Waals surface area (Å²) in [6.07, 6.45) is 1.50. The SMILES string of the molecule is [B]C([B])([B])C([B])([B])Oc1ncccc1Br. The molecule has 0 atom stereocenters. The molecule has 0 saturated heterocycles. The Bertz CT molecular complexity index is 353. The van der Waals surface area contributed by atoms with Crippen molar-refractivity contribution in [2.75, 3.05) is 0 Å². The first-order valence-corrected chi connectivity index (χ1v) is 4.77. The number of aromatic nitrogens is 1. The Balaban J connectivity index is 2.92. The zero-order chi connectivity index (χ0) is 11.7. The van der Waals surface area contributed by atoms with E-state index >= 15 is 0 Å². The molecular formula is C7H3B5BrNO. The van der Waals surface area contributed by atoms with Gasteiger partial charge in [-0.1, -0.05) is 0 Å².